The molecule has 0 atom stereocenters. The van der Waals surface area contributed by atoms with Crippen molar-refractivity contribution in [2.75, 3.05) is 13.2 Å². The molecule has 0 amide bonds. The first-order chi connectivity index (χ1) is 11.6. The standard InChI is InChI=1S/C16H18N4O4/c1-3-5-7-23-15(21)13-14(16(22)24-8-6-4-2)20-12(10-18)11(9-17)19-13/h3-8H2,1-2H3. The lowest BCUT2D eigenvalue weighted by Crippen LogP contribution is -2.20. The Morgan fingerprint density at radius 2 is 1.25 bits per heavy atom. The van der Waals surface area contributed by atoms with Crippen LogP contribution in [0.2, 0.25) is 0 Å². The maximum atomic E-state index is 12.1. The van der Waals surface area contributed by atoms with Crippen LogP contribution in [0.25, 0.3) is 0 Å². The minimum Gasteiger partial charge on any atom is -0.461 e. The first-order valence-corrected chi connectivity index (χ1v) is 7.65. The van der Waals surface area contributed by atoms with Gasteiger partial charge in [0.2, 0.25) is 0 Å². The van der Waals surface area contributed by atoms with Crippen LogP contribution in [0.4, 0.5) is 0 Å². The quantitative estimate of drug-likeness (QED) is 0.524. The summed E-state index contributed by atoms with van der Waals surface area (Å²) in [6.45, 7) is 4.17. The Kier molecular flexibility index (Phi) is 7.86. The van der Waals surface area contributed by atoms with Crippen LogP contribution in [0.3, 0.4) is 0 Å². The summed E-state index contributed by atoms with van der Waals surface area (Å²) in [7, 11) is 0. The molecule has 8 nitrogen and oxygen atoms in total. The van der Waals surface area contributed by atoms with Crippen molar-refractivity contribution in [1.29, 1.82) is 10.5 Å². The largest absolute Gasteiger partial charge is 0.461 e. The van der Waals surface area contributed by atoms with Gasteiger partial charge in [0.05, 0.1) is 13.2 Å². The van der Waals surface area contributed by atoms with Crippen LogP contribution in [-0.2, 0) is 9.47 Å². The Morgan fingerprint density at radius 3 is 1.54 bits per heavy atom. The highest BCUT2D eigenvalue weighted by Gasteiger charge is 2.26. The molecule has 126 valence electrons. The molecule has 0 aliphatic carbocycles. The zero-order valence-corrected chi connectivity index (χ0v) is 13.7. The normalized spacial score (nSPS) is 9.67. The molecule has 1 rings (SSSR count). The third-order valence-electron chi connectivity index (χ3n) is 2.96. The van der Waals surface area contributed by atoms with E-state index in [4.69, 9.17) is 20.0 Å². The highest BCUT2D eigenvalue weighted by Crippen LogP contribution is 2.12. The molecule has 0 aliphatic heterocycles. The number of nitriles is 2. The average molecular weight is 330 g/mol. The highest BCUT2D eigenvalue weighted by atomic mass is 16.5. The Bertz CT molecular complexity index is 630. The van der Waals surface area contributed by atoms with E-state index in [2.05, 4.69) is 9.97 Å². The van der Waals surface area contributed by atoms with Gasteiger partial charge >= 0.3 is 11.9 Å². The van der Waals surface area contributed by atoms with E-state index in [0.29, 0.717) is 12.8 Å². The summed E-state index contributed by atoms with van der Waals surface area (Å²) in [4.78, 5) is 31.8. The lowest BCUT2D eigenvalue weighted by molar-refractivity contribution is 0.0441. The molecule has 1 heterocycles. The lowest BCUT2D eigenvalue weighted by Gasteiger charge is -2.09. The molecule has 0 saturated carbocycles. The maximum absolute atomic E-state index is 12.1. The van der Waals surface area contributed by atoms with Gasteiger partial charge in [-0.25, -0.2) is 19.6 Å². The molecule has 0 aromatic carbocycles. The van der Waals surface area contributed by atoms with Gasteiger partial charge in [0, 0.05) is 0 Å². The van der Waals surface area contributed by atoms with Gasteiger partial charge in [-0.3, -0.25) is 0 Å². The number of unbranched alkanes of at least 4 members (excludes halogenated alkanes) is 2. The molecular weight excluding hydrogens is 312 g/mol. The Balaban J connectivity index is 3.18. The van der Waals surface area contributed by atoms with E-state index in [-0.39, 0.29) is 24.6 Å². The summed E-state index contributed by atoms with van der Waals surface area (Å²) in [5.41, 5.74) is -1.51. The summed E-state index contributed by atoms with van der Waals surface area (Å²) in [5, 5.41) is 18.0. The minimum atomic E-state index is -0.876. The SMILES string of the molecule is CCCCOC(=O)c1nc(C#N)c(C#N)nc1C(=O)OCCCC. The van der Waals surface area contributed by atoms with E-state index in [0.717, 1.165) is 12.8 Å². The van der Waals surface area contributed by atoms with E-state index in [1.165, 1.54) is 0 Å². The lowest BCUT2D eigenvalue weighted by atomic mass is 10.2. The van der Waals surface area contributed by atoms with E-state index < -0.39 is 23.3 Å². The van der Waals surface area contributed by atoms with E-state index in [1.54, 1.807) is 12.1 Å². The summed E-state index contributed by atoms with van der Waals surface area (Å²) in [6, 6.07) is 3.34. The van der Waals surface area contributed by atoms with Crippen LogP contribution in [0.1, 0.15) is 71.9 Å². The van der Waals surface area contributed by atoms with Crippen LogP contribution in [0.5, 0.6) is 0 Å². The predicted molar refractivity (Wildman–Crippen MR) is 81.8 cm³/mol. The van der Waals surface area contributed by atoms with Gasteiger partial charge < -0.3 is 9.47 Å². The molecule has 1 aromatic heterocycles. The maximum Gasteiger partial charge on any atom is 0.359 e. The Morgan fingerprint density at radius 1 is 0.875 bits per heavy atom. The topological polar surface area (TPSA) is 126 Å². The number of esters is 2. The summed E-state index contributed by atoms with van der Waals surface area (Å²) in [5.74, 6) is -1.75. The van der Waals surface area contributed by atoms with E-state index >= 15 is 0 Å². The van der Waals surface area contributed by atoms with Gasteiger partial charge in [-0.1, -0.05) is 26.7 Å². The van der Waals surface area contributed by atoms with Crippen LogP contribution in [-0.4, -0.2) is 35.1 Å². The first kappa shape index (κ1) is 19.0. The monoisotopic (exact) mass is 330 g/mol. The summed E-state index contributed by atoms with van der Waals surface area (Å²) in [6.07, 6.45) is 2.94. The van der Waals surface area contributed by atoms with Crippen molar-refractivity contribution in [3.8, 4) is 12.1 Å². The van der Waals surface area contributed by atoms with Gasteiger partial charge in [-0.15, -0.1) is 0 Å². The number of hydrogen-bond acceptors (Lipinski definition) is 8. The number of rotatable bonds is 8. The number of nitrogens with zero attached hydrogens (tertiary/aromatic N) is 4. The number of carbonyl (C=O) groups excluding carboxylic acids is 2. The Hall–Kier alpha value is -3.00. The van der Waals surface area contributed by atoms with Crippen molar-refractivity contribution >= 4 is 11.9 Å². The molecule has 0 aliphatic rings. The molecule has 0 unspecified atom stereocenters. The molecule has 1 aromatic rings. The zero-order valence-electron chi connectivity index (χ0n) is 13.7. The average Bonchev–Trinajstić information content (AvgIpc) is 2.60. The van der Waals surface area contributed by atoms with Gasteiger partial charge in [-0.05, 0) is 12.8 Å². The molecule has 24 heavy (non-hydrogen) atoms. The van der Waals surface area contributed by atoms with Crippen molar-refractivity contribution in [3.05, 3.63) is 22.8 Å². The van der Waals surface area contributed by atoms with Crippen molar-refractivity contribution in [2.45, 2.75) is 39.5 Å². The first-order valence-electron chi connectivity index (χ1n) is 7.65. The number of hydrogen-bond donors (Lipinski definition) is 0. The third kappa shape index (κ3) is 5.03. The van der Waals surface area contributed by atoms with Gasteiger partial charge in [0.25, 0.3) is 0 Å². The second-order valence-electron chi connectivity index (χ2n) is 4.82. The van der Waals surface area contributed by atoms with Gasteiger partial charge in [-0.2, -0.15) is 10.5 Å². The second-order valence-corrected chi connectivity index (χ2v) is 4.82. The van der Waals surface area contributed by atoms with Crippen molar-refractivity contribution in [1.82, 2.24) is 9.97 Å². The molecule has 0 radical (unpaired) electrons. The molecular formula is C16H18N4O4. The fourth-order valence-electron chi connectivity index (χ4n) is 1.63. The van der Waals surface area contributed by atoms with Crippen LogP contribution >= 0.6 is 0 Å². The fraction of sp³-hybridized carbons (Fsp3) is 0.500. The van der Waals surface area contributed by atoms with Crippen molar-refractivity contribution in [2.24, 2.45) is 0 Å². The van der Waals surface area contributed by atoms with Crippen molar-refractivity contribution in [3.63, 3.8) is 0 Å². The number of carbonyl (C=O) groups is 2. The van der Waals surface area contributed by atoms with E-state index in [1.807, 2.05) is 13.8 Å². The molecule has 0 spiro atoms. The summed E-state index contributed by atoms with van der Waals surface area (Å²) >= 11 is 0. The van der Waals surface area contributed by atoms with Crippen LogP contribution in [0, 0.1) is 22.7 Å². The molecule has 0 N–H and O–H groups in total. The number of aromatic nitrogens is 2. The van der Waals surface area contributed by atoms with Gasteiger partial charge in [0.1, 0.15) is 12.1 Å². The Labute approximate surface area is 140 Å². The van der Waals surface area contributed by atoms with Crippen molar-refractivity contribution < 1.29 is 19.1 Å². The predicted octanol–water partition coefficient (Wildman–Crippen LogP) is 2.13. The third-order valence-corrected chi connectivity index (χ3v) is 2.96. The van der Waals surface area contributed by atoms with Gasteiger partial charge in [0.15, 0.2) is 22.8 Å². The minimum absolute atomic E-state index is 0.156. The molecule has 8 heteroatoms. The second kappa shape index (κ2) is 9.90. The number of ether oxygens (including phenoxy) is 2. The van der Waals surface area contributed by atoms with Crippen LogP contribution in [0.15, 0.2) is 0 Å². The highest BCUT2D eigenvalue weighted by molar-refractivity contribution is 6.00. The molecule has 0 saturated heterocycles. The fourth-order valence-corrected chi connectivity index (χ4v) is 1.63. The summed E-state index contributed by atoms with van der Waals surface area (Å²) < 4.78 is 10.0. The van der Waals surface area contributed by atoms with Crippen LogP contribution < -0.4 is 0 Å². The smallest absolute Gasteiger partial charge is 0.359 e. The van der Waals surface area contributed by atoms with E-state index in [9.17, 15) is 9.59 Å². The zero-order chi connectivity index (χ0) is 17.9. The molecule has 0 bridgehead atoms. The molecule has 0 fully saturated rings.